The van der Waals surface area contributed by atoms with Crippen LogP contribution in [0.4, 0.5) is 8.78 Å². The van der Waals surface area contributed by atoms with Crippen molar-refractivity contribution in [1.82, 2.24) is 4.90 Å². The van der Waals surface area contributed by atoms with Gasteiger partial charge in [0.2, 0.25) is 5.78 Å². The van der Waals surface area contributed by atoms with Gasteiger partial charge < -0.3 is 9.47 Å². The zero-order chi connectivity index (χ0) is 21.3. The summed E-state index contributed by atoms with van der Waals surface area (Å²) in [6.45, 7) is 2.75. The van der Waals surface area contributed by atoms with E-state index in [0.717, 1.165) is 18.7 Å². The van der Waals surface area contributed by atoms with Gasteiger partial charge in [-0.2, -0.15) is 0 Å². The second kappa shape index (κ2) is 9.53. The summed E-state index contributed by atoms with van der Waals surface area (Å²) >= 11 is 0. The Morgan fingerprint density at radius 3 is 2.35 bits per heavy atom. The molecule has 1 aliphatic carbocycles. The first-order valence-electron chi connectivity index (χ1n) is 10.4. The SMILES string of the molecule is COc1cc2c(cc1OC)C(=O)C(F)(Cc1ccc(CN3CCCCC3)cc1F)C2.Cl. The Labute approximate surface area is 187 Å². The lowest BCUT2D eigenvalue weighted by Gasteiger charge is -2.26. The van der Waals surface area contributed by atoms with E-state index < -0.39 is 17.3 Å². The van der Waals surface area contributed by atoms with Crippen molar-refractivity contribution in [3.8, 4) is 11.5 Å². The molecule has 0 bridgehead atoms. The van der Waals surface area contributed by atoms with Crippen molar-refractivity contribution < 1.29 is 23.0 Å². The third kappa shape index (κ3) is 4.70. The highest BCUT2D eigenvalue weighted by atomic mass is 35.5. The predicted molar refractivity (Wildman–Crippen MR) is 118 cm³/mol. The average molecular weight is 452 g/mol. The van der Waals surface area contributed by atoms with Gasteiger partial charge in [0.1, 0.15) is 5.82 Å². The first-order valence-corrected chi connectivity index (χ1v) is 10.4. The van der Waals surface area contributed by atoms with Crippen LogP contribution in [-0.2, 0) is 19.4 Å². The van der Waals surface area contributed by atoms with E-state index in [1.54, 1.807) is 12.1 Å². The van der Waals surface area contributed by atoms with Gasteiger partial charge in [-0.25, -0.2) is 8.78 Å². The van der Waals surface area contributed by atoms with E-state index in [1.165, 1.54) is 45.6 Å². The van der Waals surface area contributed by atoms with E-state index in [-0.39, 0.29) is 36.4 Å². The van der Waals surface area contributed by atoms with Gasteiger partial charge in [0.25, 0.3) is 0 Å². The topological polar surface area (TPSA) is 38.8 Å². The summed E-state index contributed by atoms with van der Waals surface area (Å²) in [5.41, 5.74) is -0.240. The fourth-order valence-electron chi connectivity index (χ4n) is 4.56. The monoisotopic (exact) mass is 451 g/mol. The minimum atomic E-state index is -2.17. The Bertz CT molecular complexity index is 962. The standard InChI is InChI=1S/C24H27F2NO3.ClH/c1-29-21-11-18-14-24(26,23(28)19(18)12-22(21)30-2)13-17-7-6-16(10-20(17)25)15-27-8-4-3-5-9-27;/h6-7,10-12H,3-5,8-9,13-15H2,1-2H3;1H. The van der Waals surface area contributed by atoms with Crippen molar-refractivity contribution in [2.24, 2.45) is 0 Å². The number of ketones is 1. The van der Waals surface area contributed by atoms with Gasteiger partial charge in [-0.3, -0.25) is 9.69 Å². The molecule has 0 saturated carbocycles. The van der Waals surface area contributed by atoms with E-state index in [9.17, 15) is 9.18 Å². The van der Waals surface area contributed by atoms with Crippen LogP contribution in [0, 0.1) is 5.82 Å². The van der Waals surface area contributed by atoms with Crippen LogP contribution in [-0.4, -0.2) is 43.7 Å². The molecule has 1 atom stereocenters. The number of rotatable bonds is 6. The molecule has 2 aliphatic rings. The maximum atomic E-state index is 15.7. The smallest absolute Gasteiger partial charge is 0.201 e. The van der Waals surface area contributed by atoms with E-state index in [4.69, 9.17) is 9.47 Å². The molecule has 0 aromatic heterocycles. The quantitative estimate of drug-likeness (QED) is 0.623. The number of fused-ring (bicyclic) bond motifs is 1. The molecule has 0 radical (unpaired) electrons. The number of hydrogen-bond acceptors (Lipinski definition) is 4. The molecular weight excluding hydrogens is 424 g/mol. The third-order valence-electron chi connectivity index (χ3n) is 6.17. The second-order valence-electron chi connectivity index (χ2n) is 8.27. The third-order valence-corrected chi connectivity index (χ3v) is 6.17. The molecular formula is C24H28ClF2NO3. The number of piperidine rings is 1. The van der Waals surface area contributed by atoms with E-state index in [2.05, 4.69) is 4.90 Å². The highest BCUT2D eigenvalue weighted by molar-refractivity contribution is 6.07. The highest BCUT2D eigenvalue weighted by Gasteiger charge is 2.47. The van der Waals surface area contributed by atoms with Gasteiger partial charge in [-0.1, -0.05) is 18.6 Å². The van der Waals surface area contributed by atoms with Crippen LogP contribution >= 0.6 is 12.4 Å². The van der Waals surface area contributed by atoms with Crippen molar-refractivity contribution in [3.05, 3.63) is 58.4 Å². The number of hydrogen-bond donors (Lipinski definition) is 0. The molecule has 2 aromatic rings. The van der Waals surface area contributed by atoms with Crippen LogP contribution in [0.2, 0.25) is 0 Å². The maximum absolute atomic E-state index is 15.7. The maximum Gasteiger partial charge on any atom is 0.201 e. The minimum Gasteiger partial charge on any atom is -0.493 e. The van der Waals surface area contributed by atoms with Gasteiger partial charge >= 0.3 is 0 Å². The van der Waals surface area contributed by atoms with Crippen LogP contribution in [0.5, 0.6) is 11.5 Å². The second-order valence-corrected chi connectivity index (χ2v) is 8.27. The number of Topliss-reactive ketones (excluding diaryl/α,β-unsaturated/α-hetero) is 1. The molecule has 1 aliphatic heterocycles. The van der Waals surface area contributed by atoms with Crippen molar-refractivity contribution in [3.63, 3.8) is 0 Å². The summed E-state index contributed by atoms with van der Waals surface area (Å²) in [4.78, 5) is 15.1. The molecule has 168 valence electrons. The van der Waals surface area contributed by atoms with Gasteiger partial charge in [0, 0.05) is 24.9 Å². The first kappa shape index (κ1) is 23.5. The molecule has 1 heterocycles. The fourth-order valence-corrected chi connectivity index (χ4v) is 4.56. The average Bonchev–Trinajstić information content (AvgIpc) is 2.99. The number of methoxy groups -OCH3 is 2. The highest BCUT2D eigenvalue weighted by Crippen LogP contribution is 2.41. The van der Waals surface area contributed by atoms with Crippen LogP contribution < -0.4 is 9.47 Å². The molecule has 31 heavy (non-hydrogen) atoms. The Kier molecular flexibility index (Phi) is 7.22. The number of carbonyl (C=O) groups is 1. The Morgan fingerprint density at radius 2 is 1.71 bits per heavy atom. The molecule has 1 unspecified atom stereocenters. The zero-order valence-corrected chi connectivity index (χ0v) is 18.7. The molecule has 0 spiro atoms. The molecule has 1 fully saturated rings. The minimum absolute atomic E-state index is 0. The number of halogens is 3. The summed E-state index contributed by atoms with van der Waals surface area (Å²) in [5, 5.41) is 0. The fraction of sp³-hybridized carbons (Fsp3) is 0.458. The number of likely N-dealkylation sites (tertiary alicyclic amines) is 1. The summed E-state index contributed by atoms with van der Waals surface area (Å²) in [6.07, 6.45) is 3.19. The molecule has 0 amide bonds. The lowest BCUT2D eigenvalue weighted by Crippen LogP contribution is -2.33. The van der Waals surface area contributed by atoms with Crippen molar-refractivity contribution in [2.75, 3.05) is 27.3 Å². The first-order chi connectivity index (χ1) is 14.4. The predicted octanol–water partition coefficient (Wildman–Crippen LogP) is 4.94. The number of ether oxygens (including phenoxy) is 2. The molecule has 2 aromatic carbocycles. The number of nitrogens with zero attached hydrogens (tertiary/aromatic N) is 1. The number of alkyl halides is 1. The molecule has 7 heteroatoms. The Balaban J connectivity index is 0.00000272. The van der Waals surface area contributed by atoms with Crippen molar-refractivity contribution in [1.29, 1.82) is 0 Å². The lowest BCUT2D eigenvalue weighted by atomic mass is 9.91. The van der Waals surface area contributed by atoms with Crippen LogP contribution in [0.15, 0.2) is 30.3 Å². The summed E-state index contributed by atoms with van der Waals surface area (Å²) < 4.78 is 41.0. The molecule has 0 N–H and O–H groups in total. The summed E-state index contributed by atoms with van der Waals surface area (Å²) in [5.74, 6) is -0.264. The Morgan fingerprint density at radius 1 is 1.03 bits per heavy atom. The molecule has 4 nitrogen and oxygen atoms in total. The van der Waals surface area contributed by atoms with Crippen molar-refractivity contribution in [2.45, 2.75) is 44.3 Å². The van der Waals surface area contributed by atoms with E-state index in [0.29, 0.717) is 23.6 Å². The van der Waals surface area contributed by atoms with Gasteiger partial charge in [0.15, 0.2) is 17.2 Å². The van der Waals surface area contributed by atoms with E-state index in [1.807, 2.05) is 6.07 Å². The van der Waals surface area contributed by atoms with Crippen LogP contribution in [0.1, 0.15) is 46.3 Å². The van der Waals surface area contributed by atoms with Crippen LogP contribution in [0.3, 0.4) is 0 Å². The van der Waals surface area contributed by atoms with Gasteiger partial charge in [0.05, 0.1) is 14.2 Å². The normalized spacial score (nSPS) is 20.8. The zero-order valence-electron chi connectivity index (χ0n) is 17.9. The van der Waals surface area contributed by atoms with Crippen LogP contribution in [0.25, 0.3) is 0 Å². The largest absolute Gasteiger partial charge is 0.493 e. The van der Waals surface area contributed by atoms with Crippen molar-refractivity contribution >= 4 is 18.2 Å². The molecule has 4 rings (SSSR count). The van der Waals surface area contributed by atoms with E-state index >= 15 is 4.39 Å². The number of benzene rings is 2. The Hall–Kier alpha value is -2.18. The summed E-state index contributed by atoms with van der Waals surface area (Å²) in [7, 11) is 2.96. The van der Waals surface area contributed by atoms with Gasteiger partial charge in [-0.05, 0) is 60.8 Å². The molecule has 1 saturated heterocycles. The summed E-state index contributed by atoms with van der Waals surface area (Å²) in [6, 6.07) is 8.08. The number of carbonyl (C=O) groups excluding carboxylic acids is 1. The van der Waals surface area contributed by atoms with Gasteiger partial charge in [-0.15, -0.1) is 12.4 Å². The lowest BCUT2D eigenvalue weighted by molar-refractivity contribution is 0.0718.